The topological polar surface area (TPSA) is 50.1 Å². The number of aliphatic hydroxyl groups is 1. The molecule has 0 aliphatic heterocycles. The first-order valence-corrected chi connectivity index (χ1v) is 5.02. The normalized spacial score (nSPS) is 10.9. The Morgan fingerprint density at radius 2 is 2.29 bits per heavy atom. The van der Waals surface area contributed by atoms with Crippen molar-refractivity contribution < 1.29 is 5.11 Å². The van der Waals surface area contributed by atoms with Crippen LogP contribution in [-0.2, 0) is 6.54 Å². The van der Waals surface area contributed by atoms with E-state index in [1.807, 2.05) is 13.0 Å². The highest BCUT2D eigenvalue weighted by atomic mass is 16.3. The van der Waals surface area contributed by atoms with Crippen molar-refractivity contribution in [1.82, 2.24) is 9.78 Å². The minimum Gasteiger partial charge on any atom is -0.394 e. The molecule has 0 bridgehead atoms. The first-order chi connectivity index (χ1) is 6.63. The Morgan fingerprint density at radius 3 is 2.86 bits per heavy atom. The van der Waals surface area contributed by atoms with Crippen molar-refractivity contribution >= 4 is 5.82 Å². The van der Waals surface area contributed by atoms with Gasteiger partial charge in [0, 0.05) is 12.6 Å². The molecule has 1 rings (SSSR count). The minimum atomic E-state index is 0.122. The van der Waals surface area contributed by atoms with Crippen molar-refractivity contribution in [2.24, 2.45) is 5.92 Å². The second-order valence-electron chi connectivity index (χ2n) is 3.89. The molecular weight excluding hydrogens is 178 g/mol. The van der Waals surface area contributed by atoms with Crippen LogP contribution in [0.5, 0.6) is 0 Å². The number of aryl methyl sites for hydroxylation is 1. The van der Waals surface area contributed by atoms with Crippen LogP contribution in [0.3, 0.4) is 0 Å². The molecule has 0 atom stereocenters. The SMILES string of the molecule is Cc1cc(NCC(C)C)n(CCO)n1. The van der Waals surface area contributed by atoms with Gasteiger partial charge in [-0.05, 0) is 12.8 Å². The highest BCUT2D eigenvalue weighted by Gasteiger charge is 2.04. The van der Waals surface area contributed by atoms with Crippen molar-refractivity contribution in [3.05, 3.63) is 11.8 Å². The van der Waals surface area contributed by atoms with Crippen molar-refractivity contribution in [1.29, 1.82) is 0 Å². The number of nitrogens with zero attached hydrogens (tertiary/aromatic N) is 2. The summed E-state index contributed by atoms with van der Waals surface area (Å²) in [5, 5.41) is 16.4. The lowest BCUT2D eigenvalue weighted by Crippen LogP contribution is -2.14. The van der Waals surface area contributed by atoms with Crippen molar-refractivity contribution in [3.8, 4) is 0 Å². The van der Waals surface area contributed by atoms with Crippen molar-refractivity contribution in [3.63, 3.8) is 0 Å². The van der Waals surface area contributed by atoms with Gasteiger partial charge in [-0.25, -0.2) is 4.68 Å². The zero-order valence-electron chi connectivity index (χ0n) is 9.12. The predicted octanol–water partition coefficient (Wildman–Crippen LogP) is 1.25. The maximum Gasteiger partial charge on any atom is 0.124 e. The average molecular weight is 197 g/mol. The third-order valence-corrected chi connectivity index (χ3v) is 1.91. The van der Waals surface area contributed by atoms with Gasteiger partial charge in [0.15, 0.2) is 0 Å². The van der Waals surface area contributed by atoms with Crippen LogP contribution in [0.1, 0.15) is 19.5 Å². The summed E-state index contributed by atoms with van der Waals surface area (Å²) >= 11 is 0. The van der Waals surface area contributed by atoms with Gasteiger partial charge in [-0.15, -0.1) is 0 Å². The molecule has 80 valence electrons. The van der Waals surface area contributed by atoms with Gasteiger partial charge >= 0.3 is 0 Å². The first-order valence-electron chi connectivity index (χ1n) is 5.02. The summed E-state index contributed by atoms with van der Waals surface area (Å²) in [7, 11) is 0. The van der Waals surface area contributed by atoms with E-state index in [1.165, 1.54) is 0 Å². The van der Waals surface area contributed by atoms with Gasteiger partial charge in [0.1, 0.15) is 5.82 Å². The van der Waals surface area contributed by atoms with Gasteiger partial charge < -0.3 is 10.4 Å². The number of aliphatic hydroxyl groups excluding tert-OH is 1. The molecule has 14 heavy (non-hydrogen) atoms. The monoisotopic (exact) mass is 197 g/mol. The molecular formula is C10H19N3O. The Balaban J connectivity index is 2.63. The minimum absolute atomic E-state index is 0.122. The molecule has 0 amide bonds. The molecule has 4 heteroatoms. The number of aromatic nitrogens is 2. The van der Waals surface area contributed by atoms with E-state index in [4.69, 9.17) is 5.11 Å². The Hall–Kier alpha value is -1.03. The quantitative estimate of drug-likeness (QED) is 0.747. The maximum absolute atomic E-state index is 8.84. The molecule has 0 aliphatic carbocycles. The third kappa shape index (κ3) is 3.03. The van der Waals surface area contributed by atoms with Gasteiger partial charge in [-0.3, -0.25) is 0 Å². The lowest BCUT2D eigenvalue weighted by Gasteiger charge is -2.10. The molecule has 4 nitrogen and oxygen atoms in total. The Bertz CT molecular complexity index is 281. The lowest BCUT2D eigenvalue weighted by molar-refractivity contribution is 0.270. The van der Waals surface area contributed by atoms with Crippen LogP contribution in [0, 0.1) is 12.8 Å². The molecule has 0 spiro atoms. The van der Waals surface area contributed by atoms with Crippen LogP contribution in [-0.4, -0.2) is 28.0 Å². The Labute approximate surface area is 84.9 Å². The summed E-state index contributed by atoms with van der Waals surface area (Å²) in [5.74, 6) is 1.60. The smallest absolute Gasteiger partial charge is 0.124 e. The first kappa shape index (κ1) is 11.0. The highest BCUT2D eigenvalue weighted by molar-refractivity contribution is 5.36. The van der Waals surface area contributed by atoms with Gasteiger partial charge in [0.25, 0.3) is 0 Å². The van der Waals surface area contributed by atoms with E-state index in [1.54, 1.807) is 4.68 Å². The fourth-order valence-corrected chi connectivity index (χ4v) is 1.26. The van der Waals surface area contributed by atoms with E-state index in [9.17, 15) is 0 Å². The van der Waals surface area contributed by atoms with Crippen LogP contribution in [0.25, 0.3) is 0 Å². The van der Waals surface area contributed by atoms with Crippen molar-refractivity contribution in [2.75, 3.05) is 18.5 Å². The fraction of sp³-hybridized carbons (Fsp3) is 0.700. The summed E-state index contributed by atoms with van der Waals surface area (Å²) in [6.45, 7) is 7.87. The van der Waals surface area contributed by atoms with Crippen LogP contribution in [0.4, 0.5) is 5.82 Å². The van der Waals surface area contributed by atoms with Gasteiger partial charge in [-0.1, -0.05) is 13.8 Å². The maximum atomic E-state index is 8.84. The molecule has 0 radical (unpaired) electrons. The molecule has 0 fully saturated rings. The largest absolute Gasteiger partial charge is 0.394 e. The number of rotatable bonds is 5. The van der Waals surface area contributed by atoms with Crippen LogP contribution in [0.15, 0.2) is 6.07 Å². The van der Waals surface area contributed by atoms with E-state index in [0.717, 1.165) is 18.1 Å². The van der Waals surface area contributed by atoms with Gasteiger partial charge in [0.05, 0.1) is 18.8 Å². The van der Waals surface area contributed by atoms with E-state index >= 15 is 0 Å². The number of hydrogen-bond donors (Lipinski definition) is 2. The number of nitrogens with one attached hydrogen (secondary N) is 1. The molecule has 2 N–H and O–H groups in total. The summed E-state index contributed by atoms with van der Waals surface area (Å²) < 4.78 is 1.80. The molecule has 1 aromatic heterocycles. The Kier molecular flexibility index (Phi) is 3.95. The lowest BCUT2D eigenvalue weighted by atomic mass is 10.2. The second kappa shape index (κ2) is 5.00. The van der Waals surface area contributed by atoms with Gasteiger partial charge in [0.2, 0.25) is 0 Å². The van der Waals surface area contributed by atoms with Crippen LogP contribution in [0.2, 0.25) is 0 Å². The highest BCUT2D eigenvalue weighted by Crippen LogP contribution is 2.10. The predicted molar refractivity (Wildman–Crippen MR) is 57.4 cm³/mol. The van der Waals surface area contributed by atoms with E-state index in [2.05, 4.69) is 24.3 Å². The molecule has 0 aromatic carbocycles. The number of anilines is 1. The van der Waals surface area contributed by atoms with Crippen molar-refractivity contribution in [2.45, 2.75) is 27.3 Å². The molecule has 0 saturated heterocycles. The summed E-state index contributed by atoms with van der Waals surface area (Å²) in [5.41, 5.74) is 0.977. The molecule has 0 aliphatic rings. The van der Waals surface area contributed by atoms with Crippen LogP contribution >= 0.6 is 0 Å². The molecule has 0 unspecified atom stereocenters. The number of hydrogen-bond acceptors (Lipinski definition) is 3. The summed E-state index contributed by atoms with van der Waals surface area (Å²) in [4.78, 5) is 0. The third-order valence-electron chi connectivity index (χ3n) is 1.91. The van der Waals surface area contributed by atoms with E-state index in [-0.39, 0.29) is 6.61 Å². The standard InChI is InChI=1S/C10H19N3O/c1-8(2)7-11-10-6-9(3)12-13(10)4-5-14/h6,8,11,14H,4-5,7H2,1-3H3. The second-order valence-corrected chi connectivity index (χ2v) is 3.89. The molecule has 1 heterocycles. The zero-order chi connectivity index (χ0) is 10.6. The Morgan fingerprint density at radius 1 is 1.57 bits per heavy atom. The van der Waals surface area contributed by atoms with E-state index < -0.39 is 0 Å². The van der Waals surface area contributed by atoms with E-state index in [0.29, 0.717) is 12.5 Å². The molecule has 1 aromatic rings. The average Bonchev–Trinajstić information content (AvgIpc) is 2.44. The van der Waals surface area contributed by atoms with Gasteiger partial charge in [-0.2, -0.15) is 5.10 Å². The summed E-state index contributed by atoms with van der Waals surface area (Å²) in [6, 6.07) is 2.00. The fourth-order valence-electron chi connectivity index (χ4n) is 1.26. The van der Waals surface area contributed by atoms with Crippen LogP contribution < -0.4 is 5.32 Å². The zero-order valence-corrected chi connectivity index (χ0v) is 9.12. The summed E-state index contributed by atoms with van der Waals surface area (Å²) in [6.07, 6.45) is 0. The molecule has 0 saturated carbocycles.